The maximum absolute atomic E-state index is 5.36. The highest BCUT2D eigenvalue weighted by Crippen LogP contribution is 2.40. The molecule has 0 bridgehead atoms. The summed E-state index contributed by atoms with van der Waals surface area (Å²) in [7, 11) is 3.90. The molecule has 4 nitrogen and oxygen atoms in total. The molecule has 0 saturated heterocycles. The molecule has 0 fully saturated rings. The Hall–Kier alpha value is -5.48. The fourth-order valence-electron chi connectivity index (χ4n) is 5.81. The SMILES string of the molecule is CNc1ccccc1-c1cc(-c2ccccc2)c2ccc3c(-c4ccccc4)cc(-c4ccccc4NC)nc3c2n1. The molecular formula is C38H30N4. The standard InChI is InChI=1S/C38H30N4/c1-39-33-19-11-9-17-29(33)35-23-31(25-13-5-3-6-14-25)27-21-22-28-32(26-15-7-4-8-16-26)24-36(42-38(28)37(27)41-35)30-18-10-12-20-34(30)40-2/h3-24,39-40H,1-2H3. The first kappa shape index (κ1) is 25.5. The van der Waals surface area contributed by atoms with Crippen LogP contribution in [-0.2, 0) is 0 Å². The van der Waals surface area contributed by atoms with Crippen LogP contribution >= 0.6 is 0 Å². The fraction of sp³-hybridized carbons (Fsp3) is 0.0526. The van der Waals surface area contributed by atoms with Gasteiger partial charge >= 0.3 is 0 Å². The van der Waals surface area contributed by atoms with Gasteiger partial charge in [0.15, 0.2) is 0 Å². The van der Waals surface area contributed by atoms with Crippen molar-refractivity contribution in [3.05, 3.63) is 133 Å². The minimum absolute atomic E-state index is 0.885. The zero-order valence-electron chi connectivity index (χ0n) is 23.6. The third-order valence-corrected chi connectivity index (χ3v) is 7.87. The Morgan fingerprint density at radius 2 is 0.786 bits per heavy atom. The summed E-state index contributed by atoms with van der Waals surface area (Å²) < 4.78 is 0. The lowest BCUT2D eigenvalue weighted by Crippen LogP contribution is -1.98. The van der Waals surface area contributed by atoms with Gasteiger partial charge in [-0.3, -0.25) is 0 Å². The van der Waals surface area contributed by atoms with Crippen LogP contribution in [0.25, 0.3) is 66.6 Å². The first-order valence-corrected chi connectivity index (χ1v) is 14.2. The van der Waals surface area contributed by atoms with Gasteiger partial charge < -0.3 is 10.6 Å². The molecule has 2 heterocycles. The fourth-order valence-corrected chi connectivity index (χ4v) is 5.81. The molecule has 0 atom stereocenters. The van der Waals surface area contributed by atoms with E-state index in [2.05, 4.69) is 132 Å². The molecule has 2 N–H and O–H groups in total. The van der Waals surface area contributed by atoms with Gasteiger partial charge in [-0.1, -0.05) is 109 Å². The predicted molar refractivity (Wildman–Crippen MR) is 178 cm³/mol. The van der Waals surface area contributed by atoms with E-state index in [0.717, 1.165) is 77.9 Å². The average Bonchev–Trinajstić information content (AvgIpc) is 3.07. The van der Waals surface area contributed by atoms with Crippen LogP contribution < -0.4 is 10.6 Å². The van der Waals surface area contributed by atoms with Crippen molar-refractivity contribution in [2.75, 3.05) is 24.7 Å². The van der Waals surface area contributed by atoms with E-state index in [9.17, 15) is 0 Å². The van der Waals surface area contributed by atoms with Gasteiger partial charge in [0.1, 0.15) is 0 Å². The molecule has 2 aromatic heterocycles. The predicted octanol–water partition coefficient (Wildman–Crippen LogP) is 9.53. The summed E-state index contributed by atoms with van der Waals surface area (Å²) in [6, 6.07) is 46.6. The van der Waals surface area contributed by atoms with Crippen LogP contribution in [0.5, 0.6) is 0 Å². The number of fused-ring (bicyclic) bond motifs is 3. The van der Waals surface area contributed by atoms with Gasteiger partial charge in [-0.05, 0) is 46.5 Å². The third kappa shape index (κ3) is 4.43. The second kappa shape index (κ2) is 10.8. The molecule has 0 radical (unpaired) electrons. The first-order valence-electron chi connectivity index (χ1n) is 14.2. The van der Waals surface area contributed by atoms with Gasteiger partial charge in [0.05, 0.1) is 22.4 Å². The molecule has 42 heavy (non-hydrogen) atoms. The van der Waals surface area contributed by atoms with E-state index in [4.69, 9.17) is 9.97 Å². The number of rotatable bonds is 6. The molecule has 0 amide bonds. The molecule has 0 aliphatic heterocycles. The minimum Gasteiger partial charge on any atom is -0.388 e. The van der Waals surface area contributed by atoms with Gasteiger partial charge in [-0.15, -0.1) is 0 Å². The van der Waals surface area contributed by atoms with Crippen LogP contribution in [0.1, 0.15) is 0 Å². The van der Waals surface area contributed by atoms with Gasteiger partial charge in [-0.2, -0.15) is 0 Å². The average molecular weight is 543 g/mol. The number of hydrogen-bond donors (Lipinski definition) is 2. The molecule has 0 aliphatic rings. The number of nitrogens with one attached hydrogen (secondary N) is 2. The Balaban J connectivity index is 1.63. The Bertz CT molecular complexity index is 1900. The van der Waals surface area contributed by atoms with E-state index < -0.39 is 0 Å². The summed E-state index contributed by atoms with van der Waals surface area (Å²) in [5.74, 6) is 0. The third-order valence-electron chi connectivity index (χ3n) is 7.87. The van der Waals surface area contributed by atoms with Crippen molar-refractivity contribution in [1.29, 1.82) is 0 Å². The van der Waals surface area contributed by atoms with E-state index >= 15 is 0 Å². The van der Waals surface area contributed by atoms with Crippen LogP contribution in [0.15, 0.2) is 133 Å². The van der Waals surface area contributed by atoms with Crippen LogP contribution in [-0.4, -0.2) is 24.1 Å². The van der Waals surface area contributed by atoms with E-state index in [1.807, 2.05) is 26.2 Å². The van der Waals surface area contributed by atoms with E-state index in [-0.39, 0.29) is 0 Å². The molecule has 202 valence electrons. The van der Waals surface area contributed by atoms with Crippen LogP contribution in [0.4, 0.5) is 11.4 Å². The van der Waals surface area contributed by atoms with Crippen molar-refractivity contribution in [3.8, 4) is 44.8 Å². The Labute approximate surface area is 245 Å². The van der Waals surface area contributed by atoms with Crippen molar-refractivity contribution < 1.29 is 0 Å². The van der Waals surface area contributed by atoms with Crippen molar-refractivity contribution in [2.45, 2.75) is 0 Å². The molecule has 5 aromatic carbocycles. The topological polar surface area (TPSA) is 49.8 Å². The number of para-hydroxylation sites is 2. The van der Waals surface area contributed by atoms with Gasteiger partial charge in [-0.25, -0.2) is 9.97 Å². The lowest BCUT2D eigenvalue weighted by atomic mass is 9.93. The second-order valence-electron chi connectivity index (χ2n) is 10.3. The zero-order valence-corrected chi connectivity index (χ0v) is 23.6. The maximum Gasteiger partial charge on any atom is 0.0978 e. The smallest absolute Gasteiger partial charge is 0.0978 e. The number of hydrogen-bond acceptors (Lipinski definition) is 4. The second-order valence-corrected chi connectivity index (χ2v) is 10.3. The van der Waals surface area contributed by atoms with Crippen molar-refractivity contribution in [2.24, 2.45) is 0 Å². The van der Waals surface area contributed by atoms with Crippen molar-refractivity contribution >= 4 is 33.2 Å². The van der Waals surface area contributed by atoms with Crippen LogP contribution in [0.2, 0.25) is 0 Å². The van der Waals surface area contributed by atoms with E-state index in [0.29, 0.717) is 0 Å². The largest absolute Gasteiger partial charge is 0.388 e. The van der Waals surface area contributed by atoms with Gasteiger partial charge in [0.25, 0.3) is 0 Å². The molecule has 0 aliphatic carbocycles. The highest BCUT2D eigenvalue weighted by atomic mass is 14.8. The number of nitrogens with zero attached hydrogens (tertiary/aromatic N) is 2. The number of anilines is 2. The summed E-state index contributed by atoms with van der Waals surface area (Å²) >= 11 is 0. The van der Waals surface area contributed by atoms with Crippen LogP contribution in [0, 0.1) is 0 Å². The number of benzene rings is 5. The van der Waals surface area contributed by atoms with Gasteiger partial charge in [0.2, 0.25) is 0 Å². The molecule has 7 aromatic rings. The highest BCUT2D eigenvalue weighted by molar-refractivity contribution is 6.13. The van der Waals surface area contributed by atoms with E-state index in [1.165, 1.54) is 0 Å². The monoisotopic (exact) mass is 542 g/mol. The number of pyridine rings is 2. The molecule has 0 unspecified atom stereocenters. The molecule has 7 rings (SSSR count). The van der Waals surface area contributed by atoms with Crippen molar-refractivity contribution in [3.63, 3.8) is 0 Å². The molecule has 0 spiro atoms. The zero-order chi connectivity index (χ0) is 28.5. The van der Waals surface area contributed by atoms with Crippen LogP contribution in [0.3, 0.4) is 0 Å². The molecule has 0 saturated carbocycles. The summed E-state index contributed by atoms with van der Waals surface area (Å²) in [6.45, 7) is 0. The quantitative estimate of drug-likeness (QED) is 0.205. The lowest BCUT2D eigenvalue weighted by Gasteiger charge is -2.17. The number of aromatic nitrogens is 2. The lowest BCUT2D eigenvalue weighted by molar-refractivity contribution is 1.35. The van der Waals surface area contributed by atoms with E-state index in [1.54, 1.807) is 0 Å². The minimum atomic E-state index is 0.885. The normalized spacial score (nSPS) is 11.1. The molecule has 4 heteroatoms. The first-order chi connectivity index (χ1) is 20.7. The summed E-state index contributed by atoms with van der Waals surface area (Å²) in [5, 5.41) is 8.85. The molecular weight excluding hydrogens is 512 g/mol. The van der Waals surface area contributed by atoms with Crippen molar-refractivity contribution in [1.82, 2.24) is 9.97 Å². The highest BCUT2D eigenvalue weighted by Gasteiger charge is 2.18. The summed E-state index contributed by atoms with van der Waals surface area (Å²) in [5.41, 5.74) is 12.3. The Morgan fingerprint density at radius 1 is 0.405 bits per heavy atom. The Kier molecular flexibility index (Phi) is 6.57. The Morgan fingerprint density at radius 3 is 1.19 bits per heavy atom. The summed E-state index contributed by atoms with van der Waals surface area (Å²) in [4.78, 5) is 10.7. The maximum atomic E-state index is 5.36. The summed E-state index contributed by atoms with van der Waals surface area (Å²) in [6.07, 6.45) is 0. The van der Waals surface area contributed by atoms with Gasteiger partial charge in [0, 0.05) is 47.4 Å².